The fourth-order valence-electron chi connectivity index (χ4n) is 2.34. The van der Waals surface area contributed by atoms with Gasteiger partial charge in [-0.05, 0) is 18.1 Å². The van der Waals surface area contributed by atoms with Crippen LogP contribution in [0.5, 0.6) is 0 Å². The predicted octanol–water partition coefficient (Wildman–Crippen LogP) is 3.23. The summed E-state index contributed by atoms with van der Waals surface area (Å²) in [6.45, 7) is 0.737. The number of aromatic nitrogens is 1. The van der Waals surface area contributed by atoms with Crippen LogP contribution in [0.2, 0.25) is 0 Å². The summed E-state index contributed by atoms with van der Waals surface area (Å²) in [7, 11) is 0. The van der Waals surface area contributed by atoms with Crippen LogP contribution in [-0.2, 0) is 6.42 Å². The van der Waals surface area contributed by atoms with Crippen LogP contribution in [0.3, 0.4) is 0 Å². The number of nitrogens with one attached hydrogen (secondary N) is 1. The molecule has 6 heteroatoms. The summed E-state index contributed by atoms with van der Waals surface area (Å²) >= 11 is 1.10. The quantitative estimate of drug-likeness (QED) is 0.673. The van der Waals surface area contributed by atoms with Gasteiger partial charge in [0.25, 0.3) is 0 Å². The van der Waals surface area contributed by atoms with Gasteiger partial charge in [-0.25, -0.2) is 9.78 Å². The third-order valence-electron chi connectivity index (χ3n) is 3.40. The van der Waals surface area contributed by atoms with E-state index in [0.717, 1.165) is 30.0 Å². The van der Waals surface area contributed by atoms with E-state index in [1.807, 2.05) is 24.3 Å². The normalized spacial score (nSPS) is 10.7. The Hall–Kier alpha value is -2.60. The Morgan fingerprint density at radius 2 is 2.05 bits per heavy atom. The SMILES string of the molecule is Nc1c(C(=O)O)sc2nccc(NCCc3ccccc3)c12. The molecule has 1 aromatic carbocycles. The molecule has 112 valence electrons. The molecule has 0 aliphatic heterocycles. The largest absolute Gasteiger partial charge is 0.477 e. The second kappa shape index (κ2) is 6.03. The molecule has 0 fully saturated rings. The average Bonchev–Trinajstić information content (AvgIpc) is 2.87. The van der Waals surface area contributed by atoms with E-state index in [-0.39, 0.29) is 10.6 Å². The number of carbonyl (C=O) groups is 1. The molecule has 2 heterocycles. The maximum atomic E-state index is 11.2. The molecule has 0 atom stereocenters. The number of nitrogens with two attached hydrogens (primary N) is 1. The molecule has 0 amide bonds. The van der Waals surface area contributed by atoms with E-state index < -0.39 is 5.97 Å². The molecule has 0 radical (unpaired) electrons. The Kier molecular flexibility index (Phi) is 3.93. The topological polar surface area (TPSA) is 88.2 Å². The number of nitrogen functional groups attached to an aromatic ring is 1. The van der Waals surface area contributed by atoms with Crippen LogP contribution >= 0.6 is 11.3 Å². The molecule has 0 aliphatic rings. The lowest BCUT2D eigenvalue weighted by Crippen LogP contribution is -2.06. The smallest absolute Gasteiger partial charge is 0.348 e. The van der Waals surface area contributed by atoms with Gasteiger partial charge in [0.1, 0.15) is 9.71 Å². The summed E-state index contributed by atoms with van der Waals surface area (Å²) in [5.41, 5.74) is 8.32. The lowest BCUT2D eigenvalue weighted by Gasteiger charge is -2.08. The predicted molar refractivity (Wildman–Crippen MR) is 89.6 cm³/mol. The summed E-state index contributed by atoms with van der Waals surface area (Å²) < 4.78 is 0. The standard InChI is InChI=1S/C16H15N3O2S/c17-13-12-11(18-8-6-10-4-2-1-3-5-10)7-9-19-15(12)22-14(13)16(20)21/h1-5,7,9H,6,8,17H2,(H,18,19)(H,20,21). The monoisotopic (exact) mass is 313 g/mol. The third kappa shape index (κ3) is 2.73. The van der Waals surface area contributed by atoms with Crippen molar-refractivity contribution in [3.63, 3.8) is 0 Å². The van der Waals surface area contributed by atoms with Crippen molar-refractivity contribution < 1.29 is 9.90 Å². The number of carboxylic acid groups (broad SMARTS) is 1. The van der Waals surface area contributed by atoms with Crippen molar-refractivity contribution in [3.8, 4) is 0 Å². The van der Waals surface area contributed by atoms with Gasteiger partial charge in [-0.15, -0.1) is 11.3 Å². The van der Waals surface area contributed by atoms with Crippen molar-refractivity contribution in [2.75, 3.05) is 17.6 Å². The zero-order valence-corrected chi connectivity index (χ0v) is 12.6. The van der Waals surface area contributed by atoms with Crippen molar-refractivity contribution in [2.24, 2.45) is 0 Å². The zero-order chi connectivity index (χ0) is 15.5. The van der Waals surface area contributed by atoms with Gasteiger partial charge in [-0.3, -0.25) is 0 Å². The number of hydrogen-bond acceptors (Lipinski definition) is 5. The van der Waals surface area contributed by atoms with E-state index in [0.29, 0.717) is 10.2 Å². The second-order valence-corrected chi connectivity index (χ2v) is 5.85. The Balaban J connectivity index is 1.83. The first kappa shape index (κ1) is 14.3. The van der Waals surface area contributed by atoms with Gasteiger partial charge < -0.3 is 16.2 Å². The number of aromatic carboxylic acids is 1. The van der Waals surface area contributed by atoms with Crippen LogP contribution in [0.1, 0.15) is 15.2 Å². The number of hydrogen-bond donors (Lipinski definition) is 3. The minimum absolute atomic E-state index is 0.139. The lowest BCUT2D eigenvalue weighted by atomic mass is 10.1. The highest BCUT2D eigenvalue weighted by molar-refractivity contribution is 7.21. The molecule has 22 heavy (non-hydrogen) atoms. The van der Waals surface area contributed by atoms with Crippen molar-refractivity contribution in [1.29, 1.82) is 0 Å². The van der Waals surface area contributed by atoms with Gasteiger partial charge in [-0.1, -0.05) is 30.3 Å². The Bertz CT molecular complexity index is 815. The summed E-state index contributed by atoms with van der Waals surface area (Å²) in [5.74, 6) is -1.02. The first-order valence-electron chi connectivity index (χ1n) is 6.85. The summed E-state index contributed by atoms with van der Waals surface area (Å²) in [6, 6.07) is 12.0. The van der Waals surface area contributed by atoms with Crippen LogP contribution in [-0.4, -0.2) is 22.6 Å². The molecular formula is C16H15N3O2S. The molecule has 3 rings (SSSR count). The number of fused-ring (bicyclic) bond motifs is 1. The highest BCUT2D eigenvalue weighted by atomic mass is 32.1. The van der Waals surface area contributed by atoms with Crippen molar-refractivity contribution in [1.82, 2.24) is 4.98 Å². The van der Waals surface area contributed by atoms with Crippen LogP contribution in [0.4, 0.5) is 11.4 Å². The van der Waals surface area contributed by atoms with Crippen LogP contribution in [0.15, 0.2) is 42.6 Å². The van der Waals surface area contributed by atoms with Crippen molar-refractivity contribution in [3.05, 3.63) is 53.0 Å². The molecule has 0 spiro atoms. The van der Waals surface area contributed by atoms with Crippen molar-refractivity contribution >= 4 is 38.9 Å². The van der Waals surface area contributed by atoms with E-state index in [1.165, 1.54) is 5.56 Å². The summed E-state index contributed by atoms with van der Waals surface area (Å²) in [4.78, 5) is 16.2. The van der Waals surface area contributed by atoms with Gasteiger partial charge >= 0.3 is 5.97 Å². The molecule has 4 N–H and O–H groups in total. The van der Waals surface area contributed by atoms with E-state index in [2.05, 4.69) is 22.4 Å². The van der Waals surface area contributed by atoms with Gasteiger partial charge in [-0.2, -0.15) is 0 Å². The van der Waals surface area contributed by atoms with Crippen LogP contribution < -0.4 is 11.1 Å². The number of carboxylic acids is 1. The van der Waals surface area contributed by atoms with Gasteiger partial charge in [0.2, 0.25) is 0 Å². The second-order valence-electron chi connectivity index (χ2n) is 4.85. The zero-order valence-electron chi connectivity index (χ0n) is 11.7. The summed E-state index contributed by atoms with van der Waals surface area (Å²) in [6.07, 6.45) is 2.54. The Morgan fingerprint density at radius 1 is 1.27 bits per heavy atom. The maximum absolute atomic E-state index is 11.2. The maximum Gasteiger partial charge on any atom is 0.348 e. The number of anilines is 2. The minimum atomic E-state index is -1.02. The average molecular weight is 313 g/mol. The number of pyridine rings is 1. The van der Waals surface area contributed by atoms with Gasteiger partial charge in [0, 0.05) is 18.4 Å². The molecule has 0 saturated heterocycles. The van der Waals surface area contributed by atoms with Crippen LogP contribution in [0, 0.1) is 0 Å². The number of thiophene rings is 1. The molecule has 0 unspecified atom stereocenters. The van der Waals surface area contributed by atoms with E-state index >= 15 is 0 Å². The molecule has 0 bridgehead atoms. The van der Waals surface area contributed by atoms with Crippen molar-refractivity contribution in [2.45, 2.75) is 6.42 Å². The Labute approximate surface area is 131 Å². The molecule has 5 nitrogen and oxygen atoms in total. The summed E-state index contributed by atoms with van der Waals surface area (Å²) in [5, 5.41) is 13.2. The first-order chi connectivity index (χ1) is 10.7. The fraction of sp³-hybridized carbons (Fsp3) is 0.125. The van der Waals surface area contributed by atoms with E-state index in [1.54, 1.807) is 6.20 Å². The van der Waals surface area contributed by atoms with Gasteiger partial charge in [0.15, 0.2) is 0 Å². The molecule has 2 aromatic heterocycles. The highest BCUT2D eigenvalue weighted by Gasteiger charge is 2.18. The lowest BCUT2D eigenvalue weighted by molar-refractivity contribution is 0.0703. The van der Waals surface area contributed by atoms with Gasteiger partial charge in [0.05, 0.1) is 11.1 Å². The fourth-order valence-corrected chi connectivity index (χ4v) is 3.27. The molecule has 0 aliphatic carbocycles. The first-order valence-corrected chi connectivity index (χ1v) is 7.66. The molecule has 0 saturated carbocycles. The van der Waals surface area contributed by atoms with E-state index in [4.69, 9.17) is 10.8 Å². The number of nitrogens with zero attached hydrogens (tertiary/aromatic N) is 1. The molecule has 3 aromatic rings. The highest BCUT2D eigenvalue weighted by Crippen LogP contribution is 2.36. The molecular weight excluding hydrogens is 298 g/mol. The number of benzene rings is 1. The number of rotatable bonds is 5. The van der Waals surface area contributed by atoms with E-state index in [9.17, 15) is 4.79 Å². The third-order valence-corrected chi connectivity index (χ3v) is 4.50. The Morgan fingerprint density at radius 3 is 2.77 bits per heavy atom. The van der Waals surface area contributed by atoms with Crippen LogP contribution in [0.25, 0.3) is 10.2 Å². The minimum Gasteiger partial charge on any atom is -0.477 e.